The van der Waals surface area contributed by atoms with Gasteiger partial charge in [-0.25, -0.2) is 0 Å². The minimum absolute atomic E-state index is 0.0585. The number of benzene rings is 2. The Morgan fingerprint density at radius 3 is 2.03 bits per heavy atom. The summed E-state index contributed by atoms with van der Waals surface area (Å²) in [5.41, 5.74) is 16.2. The molecule has 7 N–H and O–H groups in total. The maximum Gasteiger partial charge on any atom is 0.255 e. The predicted octanol–water partition coefficient (Wildman–Crippen LogP) is 3.57. The van der Waals surface area contributed by atoms with Gasteiger partial charge in [0.1, 0.15) is 5.75 Å². The molecule has 2 aliphatic heterocycles. The Balaban J connectivity index is 1.46. The number of rotatable bonds is 5. The number of methoxy groups -OCH3 is 1. The molecule has 4 rings (SSSR count). The van der Waals surface area contributed by atoms with E-state index in [0.717, 1.165) is 35.1 Å². The number of halogens is 1. The van der Waals surface area contributed by atoms with Crippen molar-refractivity contribution in [3.05, 3.63) is 70.3 Å². The van der Waals surface area contributed by atoms with Crippen LogP contribution in [0.5, 0.6) is 5.75 Å². The molecule has 1 amide bonds. The average Bonchev–Trinajstić information content (AvgIpc) is 2.88. The topological polar surface area (TPSA) is 145 Å². The van der Waals surface area contributed by atoms with E-state index in [1.54, 1.807) is 35.1 Å². The quantitative estimate of drug-likeness (QED) is 0.309. The summed E-state index contributed by atoms with van der Waals surface area (Å²) in [4.78, 5) is 16.5. The van der Waals surface area contributed by atoms with E-state index in [-0.39, 0.29) is 17.8 Å². The maximum atomic E-state index is 12.9. The van der Waals surface area contributed by atoms with Gasteiger partial charge >= 0.3 is 0 Å². The third-order valence-electron chi connectivity index (χ3n) is 6.48. The number of amides is 1. The summed E-state index contributed by atoms with van der Waals surface area (Å²) >= 11 is 6.54. The first-order valence-corrected chi connectivity index (χ1v) is 12.0. The van der Waals surface area contributed by atoms with Crippen LogP contribution in [0.4, 0.5) is 5.69 Å². The number of carbonyl (C=O) groups excluding carboxylic acids is 1. The molecule has 9 nitrogen and oxygen atoms in total. The second-order valence-corrected chi connectivity index (χ2v) is 9.09. The summed E-state index contributed by atoms with van der Waals surface area (Å²) < 4.78 is 5.60. The van der Waals surface area contributed by atoms with Gasteiger partial charge in [-0.3, -0.25) is 15.6 Å². The molecule has 0 radical (unpaired) electrons. The number of hydrogen-bond donors (Lipinski definition) is 5. The minimum atomic E-state index is -0.271. The zero-order valence-electron chi connectivity index (χ0n) is 20.1. The van der Waals surface area contributed by atoms with E-state index >= 15 is 0 Å². The van der Waals surface area contributed by atoms with E-state index in [4.69, 9.17) is 38.6 Å². The van der Waals surface area contributed by atoms with Crippen LogP contribution in [0.2, 0.25) is 5.02 Å². The molecule has 188 valence electrons. The van der Waals surface area contributed by atoms with Gasteiger partial charge in [-0.2, -0.15) is 0 Å². The van der Waals surface area contributed by atoms with E-state index in [1.807, 2.05) is 30.4 Å². The first-order chi connectivity index (χ1) is 17.3. The molecule has 0 atom stereocenters. The Hall–Kier alpha value is -3.98. The Bertz CT molecular complexity index is 1270. The zero-order chi connectivity index (χ0) is 25.8. The number of carbonyl (C=O) groups is 1. The Morgan fingerprint density at radius 2 is 1.53 bits per heavy atom. The molecule has 2 heterocycles. The fraction of sp³-hybridized carbons (Fsp3) is 0.269. The van der Waals surface area contributed by atoms with E-state index in [2.05, 4.69) is 5.32 Å². The van der Waals surface area contributed by atoms with Crippen molar-refractivity contribution in [3.63, 3.8) is 0 Å². The highest BCUT2D eigenvalue weighted by Gasteiger charge is 2.19. The van der Waals surface area contributed by atoms with Crippen LogP contribution in [0.15, 0.2) is 48.6 Å². The van der Waals surface area contributed by atoms with Gasteiger partial charge in [-0.05, 0) is 53.8 Å². The van der Waals surface area contributed by atoms with E-state index < -0.39 is 0 Å². The molecular formula is C26H30ClN7O2. The van der Waals surface area contributed by atoms with Gasteiger partial charge in [0.25, 0.3) is 5.91 Å². The van der Waals surface area contributed by atoms with Crippen molar-refractivity contribution in [2.45, 2.75) is 12.8 Å². The van der Waals surface area contributed by atoms with Crippen LogP contribution in [0, 0.1) is 10.8 Å². The first-order valence-electron chi connectivity index (χ1n) is 11.6. The lowest BCUT2D eigenvalue weighted by molar-refractivity contribution is 0.102. The van der Waals surface area contributed by atoms with Crippen molar-refractivity contribution < 1.29 is 9.53 Å². The van der Waals surface area contributed by atoms with E-state index in [1.165, 1.54) is 0 Å². The molecule has 10 heteroatoms. The average molecular weight is 508 g/mol. The molecule has 2 aromatic rings. The molecule has 36 heavy (non-hydrogen) atoms. The van der Waals surface area contributed by atoms with Crippen molar-refractivity contribution >= 4 is 46.3 Å². The highest BCUT2D eigenvalue weighted by Crippen LogP contribution is 2.33. The molecular weight excluding hydrogens is 478 g/mol. The number of nitrogens with zero attached hydrogens (tertiary/aromatic N) is 2. The van der Waals surface area contributed by atoms with Crippen molar-refractivity contribution in [2.75, 3.05) is 38.6 Å². The summed E-state index contributed by atoms with van der Waals surface area (Å²) in [7, 11) is 1.60. The summed E-state index contributed by atoms with van der Waals surface area (Å²) in [5.74, 6) is 0.516. The molecule has 0 unspecified atom stereocenters. The molecule has 0 spiro atoms. The summed E-state index contributed by atoms with van der Waals surface area (Å²) in [6.45, 7) is 2.47. The third kappa shape index (κ3) is 5.46. The van der Waals surface area contributed by atoms with Gasteiger partial charge < -0.3 is 31.3 Å². The maximum absolute atomic E-state index is 12.9. The number of nitrogens with one attached hydrogen (secondary N) is 3. The molecule has 2 aromatic carbocycles. The Morgan fingerprint density at radius 1 is 0.944 bits per heavy atom. The molecule has 0 aromatic heterocycles. The van der Waals surface area contributed by atoms with Crippen LogP contribution < -0.4 is 21.5 Å². The zero-order valence-corrected chi connectivity index (χ0v) is 20.9. The predicted molar refractivity (Wildman–Crippen MR) is 145 cm³/mol. The minimum Gasteiger partial charge on any atom is -0.496 e. The standard InChI is InChI=1S/C26H30ClN7O2/c1-36-23-15-19(3-5-21(23)17-8-12-34(13-9-17)26(30)31)32-24(35)18-2-4-20(22(27)14-18)16-6-10-33(11-7-16)25(28)29/h2-6,8,14-15H,7,9-13H2,1H3,(H3,28,29)(H3,30,31)(H,32,35). The highest BCUT2D eigenvalue weighted by molar-refractivity contribution is 6.32. The van der Waals surface area contributed by atoms with Crippen LogP contribution in [0.1, 0.15) is 34.3 Å². The fourth-order valence-corrected chi connectivity index (χ4v) is 4.72. The molecule has 2 aliphatic rings. The summed E-state index contributed by atoms with van der Waals surface area (Å²) in [5, 5.41) is 18.6. The SMILES string of the molecule is COc1cc(NC(=O)c2ccc(C3=CCN(C(=N)N)CC3)c(Cl)c2)ccc1C1=CCN(C(=N)N)CC1. The number of ether oxygens (including phenoxy) is 1. The van der Waals surface area contributed by atoms with Gasteiger partial charge in [0.15, 0.2) is 11.9 Å². The number of hydrogen-bond acceptors (Lipinski definition) is 4. The lowest BCUT2D eigenvalue weighted by atomic mass is 9.97. The molecule has 0 saturated carbocycles. The highest BCUT2D eigenvalue weighted by atomic mass is 35.5. The number of anilines is 1. The van der Waals surface area contributed by atoms with Crippen molar-refractivity contribution in [1.82, 2.24) is 9.80 Å². The lowest BCUT2D eigenvalue weighted by Gasteiger charge is -2.27. The van der Waals surface area contributed by atoms with Crippen molar-refractivity contribution in [3.8, 4) is 5.75 Å². The Kier molecular flexibility index (Phi) is 7.49. The molecule has 0 bridgehead atoms. The van der Waals surface area contributed by atoms with E-state index in [0.29, 0.717) is 48.2 Å². The van der Waals surface area contributed by atoms with E-state index in [9.17, 15) is 4.79 Å². The van der Waals surface area contributed by atoms with Crippen LogP contribution in [-0.2, 0) is 0 Å². The second kappa shape index (κ2) is 10.7. The second-order valence-electron chi connectivity index (χ2n) is 8.69. The van der Waals surface area contributed by atoms with Gasteiger partial charge in [0.2, 0.25) is 0 Å². The van der Waals surface area contributed by atoms with Crippen LogP contribution in [0.3, 0.4) is 0 Å². The van der Waals surface area contributed by atoms with Crippen LogP contribution >= 0.6 is 11.6 Å². The van der Waals surface area contributed by atoms with Crippen LogP contribution in [-0.4, -0.2) is 60.9 Å². The summed E-state index contributed by atoms with van der Waals surface area (Å²) in [6, 6.07) is 10.9. The molecule has 0 fully saturated rings. The fourth-order valence-electron chi connectivity index (χ4n) is 4.42. The number of nitrogens with two attached hydrogens (primary N) is 2. The third-order valence-corrected chi connectivity index (χ3v) is 6.79. The van der Waals surface area contributed by atoms with Crippen molar-refractivity contribution in [2.24, 2.45) is 11.5 Å². The molecule has 0 aliphatic carbocycles. The monoisotopic (exact) mass is 507 g/mol. The lowest BCUT2D eigenvalue weighted by Crippen LogP contribution is -2.39. The van der Waals surface area contributed by atoms with Crippen molar-refractivity contribution in [1.29, 1.82) is 10.8 Å². The van der Waals surface area contributed by atoms with Crippen LogP contribution in [0.25, 0.3) is 11.1 Å². The first kappa shape index (κ1) is 25.1. The normalized spacial score (nSPS) is 15.6. The Labute approximate surface area is 215 Å². The van der Waals surface area contributed by atoms with Gasteiger partial charge in [0, 0.05) is 54.1 Å². The summed E-state index contributed by atoms with van der Waals surface area (Å²) in [6.07, 6.45) is 5.53. The largest absolute Gasteiger partial charge is 0.496 e. The van der Waals surface area contributed by atoms with Gasteiger partial charge in [-0.1, -0.05) is 29.8 Å². The number of guanidine groups is 2. The smallest absolute Gasteiger partial charge is 0.255 e. The molecule has 0 saturated heterocycles. The van der Waals surface area contributed by atoms with Gasteiger partial charge in [-0.15, -0.1) is 0 Å². The van der Waals surface area contributed by atoms with Gasteiger partial charge in [0.05, 0.1) is 7.11 Å².